The van der Waals surface area contributed by atoms with Gasteiger partial charge in [0.25, 0.3) is 0 Å². The van der Waals surface area contributed by atoms with Crippen molar-refractivity contribution in [1.82, 2.24) is 9.97 Å². The van der Waals surface area contributed by atoms with Crippen molar-refractivity contribution in [3.05, 3.63) is 27.4 Å². The molecule has 0 aliphatic heterocycles. The number of hydrogen-bond acceptors (Lipinski definition) is 6. The van der Waals surface area contributed by atoms with Crippen molar-refractivity contribution in [2.45, 2.75) is 6.42 Å². The lowest BCUT2D eigenvalue weighted by atomic mass is 10.3. The molecule has 2 heterocycles. The van der Waals surface area contributed by atoms with Crippen molar-refractivity contribution in [1.29, 1.82) is 0 Å². The van der Waals surface area contributed by atoms with Gasteiger partial charge in [-0.25, -0.2) is 0 Å². The molecule has 90 valence electrons. The van der Waals surface area contributed by atoms with Crippen LogP contribution in [0.3, 0.4) is 0 Å². The molecule has 7 heteroatoms. The standard InChI is InChI=1S/C10H12ClN5S/c11-7-2-1-6(17-7)3-4-14-9-5-8(12)15-10(13)16-9/h1-2,5H,3-4H2,(H5,12,13,14,15,16). The molecule has 0 aliphatic carbocycles. The van der Waals surface area contributed by atoms with Crippen LogP contribution in [0.5, 0.6) is 0 Å². The van der Waals surface area contributed by atoms with Gasteiger partial charge in [-0.15, -0.1) is 11.3 Å². The van der Waals surface area contributed by atoms with Crippen LogP contribution in [0.25, 0.3) is 0 Å². The summed E-state index contributed by atoms with van der Waals surface area (Å²) in [6.07, 6.45) is 0.876. The van der Waals surface area contributed by atoms with E-state index in [-0.39, 0.29) is 5.95 Å². The monoisotopic (exact) mass is 269 g/mol. The number of nitrogens with zero attached hydrogens (tertiary/aromatic N) is 2. The lowest BCUT2D eigenvalue weighted by Crippen LogP contribution is -2.08. The highest BCUT2D eigenvalue weighted by Crippen LogP contribution is 2.21. The fourth-order valence-corrected chi connectivity index (χ4v) is 2.46. The number of nitrogen functional groups attached to an aromatic ring is 2. The number of nitrogens with one attached hydrogen (secondary N) is 1. The minimum Gasteiger partial charge on any atom is -0.383 e. The van der Waals surface area contributed by atoms with Crippen molar-refractivity contribution in [2.75, 3.05) is 23.3 Å². The summed E-state index contributed by atoms with van der Waals surface area (Å²) in [5.41, 5.74) is 11.0. The van der Waals surface area contributed by atoms with Gasteiger partial charge in [-0.05, 0) is 18.6 Å². The van der Waals surface area contributed by atoms with Gasteiger partial charge < -0.3 is 16.8 Å². The van der Waals surface area contributed by atoms with Crippen LogP contribution in [-0.2, 0) is 6.42 Å². The van der Waals surface area contributed by atoms with Crippen LogP contribution in [0, 0.1) is 0 Å². The average Bonchev–Trinajstić information content (AvgIpc) is 2.63. The van der Waals surface area contributed by atoms with Crippen LogP contribution in [0.15, 0.2) is 18.2 Å². The van der Waals surface area contributed by atoms with E-state index in [1.54, 1.807) is 17.4 Å². The molecule has 5 nitrogen and oxygen atoms in total. The Morgan fingerprint density at radius 3 is 2.76 bits per heavy atom. The Balaban J connectivity index is 1.89. The quantitative estimate of drug-likeness (QED) is 0.790. The second kappa shape index (κ2) is 5.20. The van der Waals surface area contributed by atoms with Gasteiger partial charge in [-0.1, -0.05) is 11.6 Å². The number of halogens is 1. The Kier molecular flexibility index (Phi) is 3.65. The molecule has 0 aliphatic rings. The molecule has 0 spiro atoms. The van der Waals surface area contributed by atoms with Gasteiger partial charge in [0, 0.05) is 17.5 Å². The van der Waals surface area contributed by atoms with Gasteiger partial charge in [-0.2, -0.15) is 9.97 Å². The molecule has 2 aromatic heterocycles. The van der Waals surface area contributed by atoms with E-state index < -0.39 is 0 Å². The third-order valence-corrected chi connectivity index (χ3v) is 3.36. The van der Waals surface area contributed by atoms with E-state index >= 15 is 0 Å². The predicted octanol–water partition coefficient (Wildman–Crippen LogP) is 2.01. The highest BCUT2D eigenvalue weighted by Gasteiger charge is 2.01. The Morgan fingerprint density at radius 1 is 1.29 bits per heavy atom. The molecule has 17 heavy (non-hydrogen) atoms. The number of hydrogen-bond donors (Lipinski definition) is 3. The second-order valence-corrected chi connectivity index (χ2v) is 5.22. The summed E-state index contributed by atoms with van der Waals surface area (Å²) < 4.78 is 0.801. The van der Waals surface area contributed by atoms with Crippen LogP contribution in [0.4, 0.5) is 17.6 Å². The summed E-state index contributed by atoms with van der Waals surface area (Å²) in [4.78, 5) is 9.04. The zero-order valence-corrected chi connectivity index (χ0v) is 10.6. The number of anilines is 3. The lowest BCUT2D eigenvalue weighted by Gasteiger charge is -2.05. The second-order valence-electron chi connectivity index (χ2n) is 3.42. The van der Waals surface area contributed by atoms with E-state index in [2.05, 4.69) is 15.3 Å². The topological polar surface area (TPSA) is 89.8 Å². The normalized spacial score (nSPS) is 10.4. The van der Waals surface area contributed by atoms with Crippen molar-refractivity contribution in [3.8, 4) is 0 Å². The van der Waals surface area contributed by atoms with E-state index in [4.69, 9.17) is 23.1 Å². The van der Waals surface area contributed by atoms with E-state index in [1.165, 1.54) is 4.88 Å². The molecule has 0 amide bonds. The number of nitrogens with two attached hydrogens (primary N) is 2. The Labute approximate surface area is 108 Å². The smallest absolute Gasteiger partial charge is 0.223 e. The molecule has 0 saturated carbocycles. The first-order chi connectivity index (χ1) is 8.13. The maximum absolute atomic E-state index is 5.84. The molecule has 2 aromatic rings. The number of rotatable bonds is 4. The van der Waals surface area contributed by atoms with Crippen molar-refractivity contribution in [3.63, 3.8) is 0 Å². The first kappa shape index (κ1) is 11.9. The Bertz CT molecular complexity index is 493. The van der Waals surface area contributed by atoms with Gasteiger partial charge in [-0.3, -0.25) is 0 Å². The third kappa shape index (κ3) is 3.47. The first-order valence-electron chi connectivity index (χ1n) is 5.01. The van der Waals surface area contributed by atoms with E-state index in [0.29, 0.717) is 11.6 Å². The zero-order chi connectivity index (χ0) is 12.3. The fourth-order valence-electron chi connectivity index (χ4n) is 1.38. The lowest BCUT2D eigenvalue weighted by molar-refractivity contribution is 1.02. The van der Waals surface area contributed by atoms with E-state index in [1.807, 2.05) is 12.1 Å². The van der Waals surface area contributed by atoms with Gasteiger partial charge in [0.1, 0.15) is 11.6 Å². The molecular weight excluding hydrogens is 258 g/mol. The highest BCUT2D eigenvalue weighted by atomic mass is 35.5. The zero-order valence-electron chi connectivity index (χ0n) is 8.98. The molecule has 2 rings (SSSR count). The molecule has 0 atom stereocenters. The van der Waals surface area contributed by atoms with Crippen LogP contribution >= 0.6 is 22.9 Å². The summed E-state index contributed by atoms with van der Waals surface area (Å²) in [6.45, 7) is 0.743. The van der Waals surface area contributed by atoms with Gasteiger partial charge in [0.15, 0.2) is 0 Å². The summed E-state index contributed by atoms with van der Waals surface area (Å²) in [7, 11) is 0. The largest absolute Gasteiger partial charge is 0.383 e. The summed E-state index contributed by atoms with van der Waals surface area (Å²) in [5.74, 6) is 1.17. The summed E-state index contributed by atoms with van der Waals surface area (Å²) in [6, 6.07) is 5.55. The Morgan fingerprint density at radius 2 is 2.12 bits per heavy atom. The summed E-state index contributed by atoms with van der Waals surface area (Å²) >= 11 is 7.41. The first-order valence-corrected chi connectivity index (χ1v) is 6.21. The Hall–Kier alpha value is -1.53. The third-order valence-electron chi connectivity index (χ3n) is 2.07. The number of thiophene rings is 1. The molecule has 0 unspecified atom stereocenters. The SMILES string of the molecule is Nc1cc(NCCc2ccc(Cl)s2)nc(N)n1. The fraction of sp³-hybridized carbons (Fsp3) is 0.200. The van der Waals surface area contributed by atoms with Crippen LogP contribution in [0.2, 0.25) is 4.34 Å². The molecule has 0 saturated heterocycles. The summed E-state index contributed by atoms with van der Waals surface area (Å²) in [5, 5.41) is 3.14. The average molecular weight is 270 g/mol. The van der Waals surface area contributed by atoms with Crippen LogP contribution < -0.4 is 16.8 Å². The van der Waals surface area contributed by atoms with E-state index in [0.717, 1.165) is 17.3 Å². The van der Waals surface area contributed by atoms with Crippen LogP contribution in [0.1, 0.15) is 4.88 Å². The van der Waals surface area contributed by atoms with E-state index in [9.17, 15) is 0 Å². The predicted molar refractivity (Wildman–Crippen MR) is 72.4 cm³/mol. The minimum atomic E-state index is 0.173. The maximum atomic E-state index is 5.84. The molecule has 0 bridgehead atoms. The molecule has 0 aromatic carbocycles. The molecule has 0 radical (unpaired) electrons. The van der Waals surface area contributed by atoms with Gasteiger partial charge >= 0.3 is 0 Å². The van der Waals surface area contributed by atoms with Crippen molar-refractivity contribution in [2.24, 2.45) is 0 Å². The molecular formula is C10H12ClN5S. The van der Waals surface area contributed by atoms with Gasteiger partial charge in [0.05, 0.1) is 4.34 Å². The number of aromatic nitrogens is 2. The van der Waals surface area contributed by atoms with Gasteiger partial charge in [0.2, 0.25) is 5.95 Å². The highest BCUT2D eigenvalue weighted by molar-refractivity contribution is 7.16. The molecule has 0 fully saturated rings. The minimum absolute atomic E-state index is 0.173. The van der Waals surface area contributed by atoms with Crippen molar-refractivity contribution >= 4 is 40.5 Å². The van der Waals surface area contributed by atoms with Crippen LogP contribution in [-0.4, -0.2) is 16.5 Å². The molecule has 5 N–H and O–H groups in total. The maximum Gasteiger partial charge on any atom is 0.223 e. The van der Waals surface area contributed by atoms with Crippen molar-refractivity contribution < 1.29 is 0 Å².